The van der Waals surface area contributed by atoms with E-state index in [9.17, 15) is 9.18 Å². The van der Waals surface area contributed by atoms with Crippen molar-refractivity contribution in [3.63, 3.8) is 0 Å². The average molecular weight is 302 g/mol. The van der Waals surface area contributed by atoms with Crippen LogP contribution in [-0.2, 0) is 0 Å². The molecular weight excluding hydrogens is 281 g/mol. The minimum atomic E-state index is -0.591. The summed E-state index contributed by atoms with van der Waals surface area (Å²) in [6, 6.07) is 4.18. The van der Waals surface area contributed by atoms with Crippen molar-refractivity contribution in [2.75, 3.05) is 19.5 Å². The number of ether oxygens (including phenoxy) is 1. The summed E-state index contributed by atoms with van der Waals surface area (Å²) in [4.78, 5) is 12.0. The molecule has 1 amide bonds. The summed E-state index contributed by atoms with van der Waals surface area (Å²) in [5.74, 6) is -0.171. The van der Waals surface area contributed by atoms with Crippen molar-refractivity contribution in [2.45, 2.75) is 26.7 Å². The SMILES string of the molecule is CCC(CC)(CCl)CNC(=O)c1ccc(OC)cc1F. The molecule has 0 atom stereocenters. The Morgan fingerprint density at radius 1 is 1.40 bits per heavy atom. The Bertz CT molecular complexity index is 453. The smallest absolute Gasteiger partial charge is 0.254 e. The molecule has 5 heteroatoms. The predicted octanol–water partition coefficient (Wildman–Crippen LogP) is 3.61. The van der Waals surface area contributed by atoms with E-state index in [0.717, 1.165) is 12.8 Å². The first kappa shape index (κ1) is 16.8. The Morgan fingerprint density at radius 3 is 2.50 bits per heavy atom. The van der Waals surface area contributed by atoms with Gasteiger partial charge in [-0.2, -0.15) is 0 Å². The largest absolute Gasteiger partial charge is 0.497 e. The maximum Gasteiger partial charge on any atom is 0.254 e. The standard InChI is InChI=1S/C15H21ClFNO2/c1-4-15(5-2,9-16)10-18-14(19)12-7-6-11(20-3)8-13(12)17/h6-8H,4-5,9-10H2,1-3H3,(H,18,19). The van der Waals surface area contributed by atoms with Crippen LogP contribution in [0, 0.1) is 11.2 Å². The number of alkyl halides is 1. The molecule has 3 nitrogen and oxygen atoms in total. The maximum atomic E-state index is 13.8. The van der Waals surface area contributed by atoms with Gasteiger partial charge in [0.05, 0.1) is 12.7 Å². The Morgan fingerprint density at radius 2 is 2.05 bits per heavy atom. The first-order chi connectivity index (χ1) is 9.51. The topological polar surface area (TPSA) is 38.3 Å². The number of carbonyl (C=O) groups excluding carboxylic acids is 1. The minimum Gasteiger partial charge on any atom is -0.497 e. The number of hydrogen-bond donors (Lipinski definition) is 1. The number of hydrogen-bond acceptors (Lipinski definition) is 2. The lowest BCUT2D eigenvalue weighted by molar-refractivity contribution is 0.0927. The molecule has 0 fully saturated rings. The molecule has 0 saturated heterocycles. The average Bonchev–Trinajstić information content (AvgIpc) is 2.48. The fourth-order valence-electron chi connectivity index (χ4n) is 1.91. The van der Waals surface area contributed by atoms with E-state index in [-0.39, 0.29) is 11.0 Å². The monoisotopic (exact) mass is 301 g/mol. The van der Waals surface area contributed by atoms with Gasteiger partial charge in [-0.05, 0) is 25.0 Å². The van der Waals surface area contributed by atoms with Gasteiger partial charge >= 0.3 is 0 Å². The lowest BCUT2D eigenvalue weighted by Crippen LogP contribution is -2.38. The zero-order valence-corrected chi connectivity index (χ0v) is 12.9. The van der Waals surface area contributed by atoms with E-state index in [1.807, 2.05) is 13.8 Å². The number of carbonyl (C=O) groups is 1. The van der Waals surface area contributed by atoms with Gasteiger partial charge in [0.1, 0.15) is 11.6 Å². The predicted molar refractivity (Wildman–Crippen MR) is 79.0 cm³/mol. The summed E-state index contributed by atoms with van der Waals surface area (Å²) in [5.41, 5.74) is -0.123. The lowest BCUT2D eigenvalue weighted by atomic mass is 9.84. The van der Waals surface area contributed by atoms with Crippen LogP contribution in [0.1, 0.15) is 37.0 Å². The quantitative estimate of drug-likeness (QED) is 0.781. The third-order valence-electron chi connectivity index (χ3n) is 3.83. The van der Waals surface area contributed by atoms with E-state index in [1.54, 1.807) is 6.07 Å². The number of amides is 1. The van der Waals surface area contributed by atoms with Crippen molar-refractivity contribution in [1.29, 1.82) is 0 Å². The van der Waals surface area contributed by atoms with Gasteiger partial charge < -0.3 is 10.1 Å². The number of methoxy groups -OCH3 is 1. The summed E-state index contributed by atoms with van der Waals surface area (Å²) in [7, 11) is 1.45. The molecule has 0 bridgehead atoms. The molecule has 0 saturated carbocycles. The molecule has 1 rings (SSSR count). The highest BCUT2D eigenvalue weighted by Crippen LogP contribution is 2.27. The normalized spacial score (nSPS) is 11.2. The molecule has 0 aliphatic carbocycles. The molecule has 0 spiro atoms. The number of rotatable bonds is 7. The van der Waals surface area contributed by atoms with Crippen LogP contribution < -0.4 is 10.1 Å². The Hall–Kier alpha value is -1.29. The fourth-order valence-corrected chi connectivity index (χ4v) is 2.38. The van der Waals surface area contributed by atoms with Crippen molar-refractivity contribution in [3.05, 3.63) is 29.6 Å². The molecule has 0 aliphatic rings. The van der Waals surface area contributed by atoms with Crippen LogP contribution in [0.5, 0.6) is 5.75 Å². The van der Waals surface area contributed by atoms with Gasteiger partial charge in [0, 0.05) is 23.9 Å². The Labute approximate surface area is 124 Å². The van der Waals surface area contributed by atoms with Gasteiger partial charge in [0.15, 0.2) is 0 Å². The molecular formula is C15H21ClFNO2. The summed E-state index contributed by atoms with van der Waals surface area (Å²) >= 11 is 5.98. The second kappa shape index (κ2) is 7.48. The third kappa shape index (κ3) is 3.85. The van der Waals surface area contributed by atoms with E-state index >= 15 is 0 Å². The highest BCUT2D eigenvalue weighted by Gasteiger charge is 2.26. The van der Waals surface area contributed by atoms with Crippen molar-refractivity contribution in [2.24, 2.45) is 5.41 Å². The minimum absolute atomic E-state index is 0.0153. The van der Waals surface area contributed by atoms with E-state index in [2.05, 4.69) is 5.32 Å². The van der Waals surface area contributed by atoms with Gasteiger partial charge in [-0.15, -0.1) is 11.6 Å². The van der Waals surface area contributed by atoms with E-state index < -0.39 is 11.7 Å². The molecule has 0 aromatic heterocycles. The van der Waals surface area contributed by atoms with Crippen LogP contribution in [0.25, 0.3) is 0 Å². The van der Waals surface area contributed by atoms with E-state index in [1.165, 1.54) is 19.2 Å². The summed E-state index contributed by atoms with van der Waals surface area (Å²) in [6.07, 6.45) is 1.72. The zero-order valence-electron chi connectivity index (χ0n) is 12.1. The zero-order chi connectivity index (χ0) is 15.2. The number of benzene rings is 1. The first-order valence-electron chi connectivity index (χ1n) is 6.69. The molecule has 0 radical (unpaired) electrons. The Kier molecular flexibility index (Phi) is 6.27. The van der Waals surface area contributed by atoms with Crippen LogP contribution in [-0.4, -0.2) is 25.4 Å². The first-order valence-corrected chi connectivity index (χ1v) is 7.23. The van der Waals surface area contributed by atoms with Crippen LogP contribution in [0.15, 0.2) is 18.2 Å². The van der Waals surface area contributed by atoms with Crippen LogP contribution in [0.4, 0.5) is 4.39 Å². The molecule has 0 unspecified atom stereocenters. The van der Waals surface area contributed by atoms with Gasteiger partial charge in [0.25, 0.3) is 5.91 Å². The molecule has 1 aromatic carbocycles. The fraction of sp³-hybridized carbons (Fsp3) is 0.533. The van der Waals surface area contributed by atoms with Gasteiger partial charge in [-0.3, -0.25) is 4.79 Å². The van der Waals surface area contributed by atoms with Crippen molar-refractivity contribution in [1.82, 2.24) is 5.32 Å². The third-order valence-corrected chi connectivity index (χ3v) is 4.40. The van der Waals surface area contributed by atoms with E-state index in [4.69, 9.17) is 16.3 Å². The molecule has 20 heavy (non-hydrogen) atoms. The summed E-state index contributed by atoms with van der Waals surface area (Å²) in [5, 5.41) is 2.77. The molecule has 0 heterocycles. The summed E-state index contributed by atoms with van der Waals surface area (Å²) < 4.78 is 18.7. The molecule has 1 aromatic rings. The van der Waals surface area contributed by atoms with Crippen LogP contribution >= 0.6 is 11.6 Å². The van der Waals surface area contributed by atoms with Crippen molar-refractivity contribution < 1.29 is 13.9 Å². The molecule has 112 valence electrons. The van der Waals surface area contributed by atoms with Gasteiger partial charge in [-0.1, -0.05) is 13.8 Å². The van der Waals surface area contributed by atoms with Crippen molar-refractivity contribution >= 4 is 17.5 Å². The van der Waals surface area contributed by atoms with Gasteiger partial charge in [0.2, 0.25) is 0 Å². The summed E-state index contributed by atoms with van der Waals surface area (Å²) in [6.45, 7) is 4.51. The van der Waals surface area contributed by atoms with Crippen LogP contribution in [0.2, 0.25) is 0 Å². The van der Waals surface area contributed by atoms with E-state index in [0.29, 0.717) is 18.2 Å². The molecule has 0 aliphatic heterocycles. The van der Waals surface area contributed by atoms with Gasteiger partial charge in [-0.25, -0.2) is 4.39 Å². The number of nitrogens with one attached hydrogen (secondary N) is 1. The second-order valence-corrected chi connectivity index (χ2v) is 5.14. The molecule has 1 N–H and O–H groups in total. The Balaban J connectivity index is 2.77. The second-order valence-electron chi connectivity index (χ2n) is 4.87. The lowest BCUT2D eigenvalue weighted by Gasteiger charge is -2.29. The van der Waals surface area contributed by atoms with Crippen molar-refractivity contribution in [3.8, 4) is 5.75 Å². The highest BCUT2D eigenvalue weighted by atomic mass is 35.5. The maximum absolute atomic E-state index is 13.8. The highest BCUT2D eigenvalue weighted by molar-refractivity contribution is 6.18. The van der Waals surface area contributed by atoms with Crippen LogP contribution in [0.3, 0.4) is 0 Å². The number of halogens is 2.